The van der Waals surface area contributed by atoms with E-state index in [1.807, 2.05) is 0 Å². The number of hydrogen-bond donors (Lipinski definition) is 3. The van der Waals surface area contributed by atoms with Crippen LogP contribution < -0.4 is 15.8 Å². The molecule has 3 amide bonds. The normalized spacial score (nSPS) is 11.0. The second kappa shape index (κ2) is 7.41. The Morgan fingerprint density at radius 1 is 1.25 bits per heavy atom. The average Bonchev–Trinajstić information content (AvgIpc) is 2.92. The number of benzene rings is 1. The van der Waals surface area contributed by atoms with Crippen molar-refractivity contribution in [3.8, 4) is 0 Å². The van der Waals surface area contributed by atoms with E-state index in [4.69, 9.17) is 5.73 Å². The van der Waals surface area contributed by atoms with Crippen molar-refractivity contribution in [3.05, 3.63) is 45.9 Å². The first-order chi connectivity index (χ1) is 11.3. The Hall–Kier alpha value is -2.46. The van der Waals surface area contributed by atoms with E-state index < -0.39 is 16.1 Å². The van der Waals surface area contributed by atoms with E-state index in [2.05, 4.69) is 10.3 Å². The fraction of sp³-hybridized carbons (Fsp3) is 0.214. The smallest absolute Gasteiger partial charge is 0.326 e. The van der Waals surface area contributed by atoms with Crippen LogP contribution in [0.4, 0.5) is 4.79 Å². The van der Waals surface area contributed by atoms with Gasteiger partial charge in [0.2, 0.25) is 0 Å². The number of amides is 3. The van der Waals surface area contributed by atoms with Crippen molar-refractivity contribution in [2.45, 2.75) is 18.2 Å². The van der Waals surface area contributed by atoms with Gasteiger partial charge >= 0.3 is 6.03 Å². The molecular formula is C14H16N4O4S2. The number of carbonyl (C=O) groups excluding carboxylic acids is 2. The number of aryl methyl sites for hydroxylation is 1. The molecule has 4 N–H and O–H groups in total. The van der Waals surface area contributed by atoms with E-state index in [1.54, 1.807) is 29.3 Å². The highest BCUT2D eigenvalue weighted by atomic mass is 32.2. The van der Waals surface area contributed by atoms with Crippen LogP contribution in [0.25, 0.3) is 0 Å². The van der Waals surface area contributed by atoms with Crippen LogP contribution in [0.1, 0.15) is 20.9 Å². The van der Waals surface area contributed by atoms with Crippen molar-refractivity contribution in [1.82, 2.24) is 15.0 Å². The van der Waals surface area contributed by atoms with Crippen LogP contribution in [0.2, 0.25) is 0 Å². The van der Waals surface area contributed by atoms with Gasteiger partial charge in [-0.05, 0) is 31.0 Å². The number of carbonyl (C=O) groups is 2. The van der Waals surface area contributed by atoms with Gasteiger partial charge in [-0.25, -0.2) is 22.9 Å². The topological polar surface area (TPSA) is 131 Å². The van der Waals surface area contributed by atoms with E-state index in [-0.39, 0.29) is 10.8 Å². The zero-order chi connectivity index (χ0) is 17.7. The van der Waals surface area contributed by atoms with Gasteiger partial charge in [0.15, 0.2) is 0 Å². The van der Waals surface area contributed by atoms with Gasteiger partial charge in [-0.2, -0.15) is 0 Å². The highest BCUT2D eigenvalue weighted by Gasteiger charge is 2.15. The predicted molar refractivity (Wildman–Crippen MR) is 89.2 cm³/mol. The lowest BCUT2D eigenvalue weighted by Gasteiger charge is -2.07. The molecule has 0 radical (unpaired) electrons. The largest absolute Gasteiger partial charge is 0.351 e. The third kappa shape index (κ3) is 4.52. The summed E-state index contributed by atoms with van der Waals surface area (Å²) in [5.41, 5.74) is 7.96. The number of thiazole rings is 1. The maximum atomic E-state index is 11.9. The van der Waals surface area contributed by atoms with E-state index in [0.717, 1.165) is 5.56 Å². The second-order valence-electron chi connectivity index (χ2n) is 4.89. The van der Waals surface area contributed by atoms with E-state index in [1.165, 1.54) is 23.5 Å². The van der Waals surface area contributed by atoms with Gasteiger partial charge in [0, 0.05) is 6.54 Å². The number of nitrogens with one attached hydrogen (secondary N) is 2. The molecule has 0 aliphatic rings. The zero-order valence-corrected chi connectivity index (χ0v) is 14.4. The number of hydrogen-bond acceptors (Lipinski definition) is 6. The van der Waals surface area contributed by atoms with E-state index in [9.17, 15) is 18.0 Å². The Labute approximate surface area is 143 Å². The summed E-state index contributed by atoms with van der Waals surface area (Å²) in [5, 5.41) is 2.79. The summed E-state index contributed by atoms with van der Waals surface area (Å²) in [4.78, 5) is 27.1. The molecule has 0 atom stereocenters. The highest BCUT2D eigenvalue weighted by molar-refractivity contribution is 7.90. The van der Waals surface area contributed by atoms with Crippen LogP contribution in [-0.4, -0.2) is 31.9 Å². The molecule has 0 aliphatic heterocycles. The first kappa shape index (κ1) is 17.9. The lowest BCUT2D eigenvalue weighted by molar-refractivity contribution is 0.0957. The van der Waals surface area contributed by atoms with Gasteiger partial charge < -0.3 is 11.1 Å². The van der Waals surface area contributed by atoms with Gasteiger partial charge in [0.25, 0.3) is 15.9 Å². The molecule has 1 aromatic heterocycles. The summed E-state index contributed by atoms with van der Waals surface area (Å²) in [5.74, 6) is -0.181. The lowest BCUT2D eigenvalue weighted by Crippen LogP contribution is -2.34. The van der Waals surface area contributed by atoms with Crippen molar-refractivity contribution in [3.63, 3.8) is 0 Å². The van der Waals surface area contributed by atoms with Crippen molar-refractivity contribution in [2.24, 2.45) is 5.73 Å². The maximum absolute atomic E-state index is 11.9. The van der Waals surface area contributed by atoms with Gasteiger partial charge in [-0.1, -0.05) is 12.1 Å². The molecule has 0 spiro atoms. The highest BCUT2D eigenvalue weighted by Crippen LogP contribution is 2.12. The number of aromatic nitrogens is 1. The Bertz CT molecular complexity index is 844. The van der Waals surface area contributed by atoms with Crippen LogP contribution >= 0.6 is 11.3 Å². The van der Waals surface area contributed by atoms with E-state index in [0.29, 0.717) is 23.5 Å². The Morgan fingerprint density at radius 3 is 2.46 bits per heavy atom. The fourth-order valence-electron chi connectivity index (χ4n) is 1.95. The number of sulfonamides is 1. The molecule has 0 saturated heterocycles. The number of nitrogens with two attached hydrogens (primary N) is 1. The third-order valence-electron chi connectivity index (χ3n) is 3.12. The molecule has 1 heterocycles. The summed E-state index contributed by atoms with van der Waals surface area (Å²) in [6.07, 6.45) is 0.535. The summed E-state index contributed by atoms with van der Waals surface area (Å²) < 4.78 is 25.2. The number of rotatable bonds is 6. The Balaban J connectivity index is 1.92. The molecule has 2 aromatic rings. The molecule has 0 unspecified atom stereocenters. The van der Waals surface area contributed by atoms with Crippen LogP contribution in [0.5, 0.6) is 0 Å². The van der Waals surface area contributed by atoms with Gasteiger partial charge in [-0.15, -0.1) is 11.3 Å². The Kier molecular flexibility index (Phi) is 5.52. The van der Waals surface area contributed by atoms with Crippen molar-refractivity contribution in [1.29, 1.82) is 0 Å². The SMILES string of the molecule is Cc1ncsc1C(=O)NCCc1ccc(S(=O)(=O)NC(N)=O)cc1. The quantitative estimate of drug-likeness (QED) is 0.693. The first-order valence-electron chi connectivity index (χ1n) is 6.89. The molecule has 10 heteroatoms. The van der Waals surface area contributed by atoms with Crippen molar-refractivity contribution in [2.75, 3.05) is 6.54 Å². The molecule has 0 saturated carbocycles. The Morgan fingerprint density at radius 2 is 1.92 bits per heavy atom. The predicted octanol–water partition coefficient (Wildman–Crippen LogP) is 0.781. The molecule has 1 aromatic carbocycles. The minimum Gasteiger partial charge on any atom is -0.351 e. The molecule has 0 aliphatic carbocycles. The maximum Gasteiger partial charge on any atom is 0.326 e. The minimum atomic E-state index is -3.94. The number of primary amides is 1. The molecule has 0 bridgehead atoms. The molecular weight excluding hydrogens is 352 g/mol. The monoisotopic (exact) mass is 368 g/mol. The summed E-state index contributed by atoms with van der Waals surface area (Å²) in [6, 6.07) is 4.82. The van der Waals surface area contributed by atoms with Crippen molar-refractivity contribution >= 4 is 33.3 Å². The minimum absolute atomic E-state index is 0.0608. The standard InChI is InChI=1S/C14H16N4O4S2/c1-9-12(23-8-17-9)13(19)16-7-6-10-2-4-11(5-3-10)24(21,22)18-14(15)20/h2-5,8H,6-7H2,1H3,(H,16,19)(H3,15,18,20). The van der Waals surface area contributed by atoms with Crippen LogP contribution in [0.15, 0.2) is 34.7 Å². The van der Waals surface area contributed by atoms with Gasteiger partial charge in [0.05, 0.1) is 16.1 Å². The molecule has 2 rings (SSSR count). The van der Waals surface area contributed by atoms with Gasteiger partial charge in [0.1, 0.15) is 4.88 Å². The van der Waals surface area contributed by atoms with Crippen molar-refractivity contribution < 1.29 is 18.0 Å². The summed E-state index contributed by atoms with van der Waals surface area (Å²) >= 11 is 1.28. The number of nitrogens with zero attached hydrogens (tertiary/aromatic N) is 1. The van der Waals surface area contributed by atoms with E-state index >= 15 is 0 Å². The van der Waals surface area contributed by atoms with Crippen LogP contribution in [0.3, 0.4) is 0 Å². The van der Waals surface area contributed by atoms with Crippen LogP contribution in [-0.2, 0) is 16.4 Å². The first-order valence-corrected chi connectivity index (χ1v) is 9.25. The summed E-state index contributed by atoms with van der Waals surface area (Å²) in [6.45, 7) is 2.17. The fourth-order valence-corrected chi connectivity index (χ4v) is 3.54. The van der Waals surface area contributed by atoms with Crippen LogP contribution in [0, 0.1) is 6.92 Å². The second-order valence-corrected chi connectivity index (χ2v) is 7.42. The third-order valence-corrected chi connectivity index (χ3v) is 5.41. The number of urea groups is 1. The molecule has 24 heavy (non-hydrogen) atoms. The zero-order valence-electron chi connectivity index (χ0n) is 12.8. The molecule has 8 nitrogen and oxygen atoms in total. The van der Waals surface area contributed by atoms with Gasteiger partial charge in [-0.3, -0.25) is 4.79 Å². The lowest BCUT2D eigenvalue weighted by atomic mass is 10.1. The average molecular weight is 368 g/mol. The molecule has 128 valence electrons. The molecule has 0 fully saturated rings. The summed E-state index contributed by atoms with van der Waals surface area (Å²) in [7, 11) is -3.94.